The molecule has 5 rings (SSSR count). The topological polar surface area (TPSA) is 63.6 Å². The van der Waals surface area contributed by atoms with Gasteiger partial charge in [0.05, 0.1) is 17.1 Å². The predicted octanol–water partition coefficient (Wildman–Crippen LogP) is 0.854. The van der Waals surface area contributed by atoms with Crippen molar-refractivity contribution in [2.24, 2.45) is 17.8 Å². The van der Waals surface area contributed by atoms with Crippen LogP contribution in [0.15, 0.2) is 35.2 Å². The van der Waals surface area contributed by atoms with Crippen LogP contribution in [-0.2, 0) is 14.6 Å². The molecule has 0 radical (unpaired) electrons. The highest BCUT2D eigenvalue weighted by Gasteiger charge is 2.89. The number of aliphatic hydroxyl groups excluding tert-OH is 1. The van der Waals surface area contributed by atoms with Gasteiger partial charge in [-0.2, -0.15) is 0 Å². The van der Waals surface area contributed by atoms with Gasteiger partial charge in [-0.1, -0.05) is 18.2 Å². The van der Waals surface area contributed by atoms with Crippen LogP contribution >= 0.6 is 0 Å². The molecule has 4 saturated carbocycles. The summed E-state index contributed by atoms with van der Waals surface area (Å²) in [6, 6.07) is 8.54. The molecule has 0 spiro atoms. The Morgan fingerprint density at radius 2 is 2.00 bits per heavy atom. The van der Waals surface area contributed by atoms with Gasteiger partial charge >= 0.3 is 0 Å². The minimum absolute atomic E-state index is 0.0153. The van der Waals surface area contributed by atoms with Crippen molar-refractivity contribution in [1.82, 2.24) is 0 Å². The molecular weight excluding hydrogens is 264 g/mol. The van der Waals surface area contributed by atoms with E-state index in [1.54, 1.807) is 37.4 Å². The number of methoxy groups -OCH3 is 1. The van der Waals surface area contributed by atoms with Crippen LogP contribution in [0.2, 0.25) is 0 Å². The highest BCUT2D eigenvalue weighted by Crippen LogP contribution is 2.77. The third-order valence-corrected chi connectivity index (χ3v) is 7.99. The Bertz CT molecular complexity index is 626. The summed E-state index contributed by atoms with van der Waals surface area (Å²) in [6.07, 6.45) is -0.104. The Balaban J connectivity index is 1.86. The number of hydrogen-bond acceptors (Lipinski definition) is 4. The van der Waals surface area contributed by atoms with Crippen molar-refractivity contribution in [2.75, 3.05) is 7.11 Å². The first kappa shape index (κ1) is 11.9. The van der Waals surface area contributed by atoms with Gasteiger partial charge in [-0.3, -0.25) is 0 Å². The minimum atomic E-state index is -3.45. The molecule has 5 heteroatoms. The molecule has 0 aromatic heterocycles. The first-order valence-corrected chi connectivity index (χ1v) is 8.05. The van der Waals surface area contributed by atoms with Crippen LogP contribution < -0.4 is 0 Å². The van der Waals surface area contributed by atoms with E-state index in [-0.39, 0.29) is 23.9 Å². The van der Waals surface area contributed by atoms with Gasteiger partial charge in [0, 0.05) is 18.9 Å². The van der Waals surface area contributed by atoms with Crippen LogP contribution in [0, 0.1) is 17.8 Å². The Kier molecular flexibility index (Phi) is 2.12. The van der Waals surface area contributed by atoms with E-state index in [2.05, 4.69) is 0 Å². The molecular formula is C14H16O4S. The van der Waals surface area contributed by atoms with Crippen molar-refractivity contribution in [3.05, 3.63) is 30.3 Å². The molecule has 1 N–H and O–H groups in total. The summed E-state index contributed by atoms with van der Waals surface area (Å²) in [5.74, 6) is -0.0752. The third kappa shape index (κ3) is 1.08. The summed E-state index contributed by atoms with van der Waals surface area (Å²) in [7, 11) is -1.90. The van der Waals surface area contributed by atoms with Crippen LogP contribution in [0.4, 0.5) is 0 Å². The Hall–Kier alpha value is -0.910. The van der Waals surface area contributed by atoms with E-state index in [9.17, 15) is 13.5 Å². The molecule has 0 unspecified atom stereocenters. The molecule has 0 aliphatic heterocycles. The van der Waals surface area contributed by atoms with Crippen molar-refractivity contribution < 1.29 is 18.3 Å². The molecule has 1 aromatic rings. The highest BCUT2D eigenvalue weighted by molar-refractivity contribution is 7.93. The van der Waals surface area contributed by atoms with E-state index < -0.39 is 20.7 Å². The van der Waals surface area contributed by atoms with E-state index in [1.807, 2.05) is 0 Å². The third-order valence-electron chi connectivity index (χ3n) is 5.36. The van der Waals surface area contributed by atoms with E-state index >= 15 is 0 Å². The Morgan fingerprint density at radius 3 is 2.53 bits per heavy atom. The van der Waals surface area contributed by atoms with Crippen molar-refractivity contribution in [2.45, 2.75) is 28.3 Å². The zero-order valence-corrected chi connectivity index (χ0v) is 11.4. The summed E-state index contributed by atoms with van der Waals surface area (Å²) in [4.78, 5) is 0.347. The second-order valence-electron chi connectivity index (χ2n) is 5.85. The fourth-order valence-corrected chi connectivity index (χ4v) is 7.49. The fourth-order valence-electron chi connectivity index (χ4n) is 4.75. The SMILES string of the molecule is CO[C@@H]1[C@@H]2C[C@H]3[C@@H]([C@H]2O)[C@@]13S(=O)(=O)c1ccccc1. The number of ether oxygens (including phenoxy) is 1. The Morgan fingerprint density at radius 1 is 1.32 bits per heavy atom. The minimum Gasteiger partial charge on any atom is -0.392 e. The summed E-state index contributed by atoms with van der Waals surface area (Å²) < 4.78 is 30.5. The molecule has 1 aromatic carbocycles. The van der Waals surface area contributed by atoms with Crippen LogP contribution in [0.5, 0.6) is 0 Å². The van der Waals surface area contributed by atoms with Gasteiger partial charge < -0.3 is 9.84 Å². The maximum atomic E-state index is 13.0. The zero-order valence-electron chi connectivity index (χ0n) is 10.6. The van der Waals surface area contributed by atoms with Crippen LogP contribution in [0.3, 0.4) is 0 Å². The zero-order chi connectivity index (χ0) is 13.4. The predicted molar refractivity (Wildman–Crippen MR) is 68.2 cm³/mol. The number of benzene rings is 1. The number of hydrogen-bond donors (Lipinski definition) is 1. The van der Waals surface area contributed by atoms with E-state index in [0.29, 0.717) is 4.90 Å². The van der Waals surface area contributed by atoms with Crippen LogP contribution in [-0.4, -0.2) is 37.6 Å². The van der Waals surface area contributed by atoms with Gasteiger partial charge in [-0.05, 0) is 24.5 Å². The van der Waals surface area contributed by atoms with E-state index in [0.717, 1.165) is 6.42 Å². The summed E-state index contributed by atoms with van der Waals surface area (Å²) in [6.45, 7) is 0. The molecule has 4 fully saturated rings. The van der Waals surface area contributed by atoms with Crippen LogP contribution in [0.1, 0.15) is 6.42 Å². The first-order chi connectivity index (χ1) is 9.06. The monoisotopic (exact) mass is 280 g/mol. The lowest BCUT2D eigenvalue weighted by atomic mass is 10.1. The average Bonchev–Trinajstić information content (AvgIpc) is 2.66. The smallest absolute Gasteiger partial charge is 0.187 e. The van der Waals surface area contributed by atoms with Crippen molar-refractivity contribution in [3.8, 4) is 0 Å². The lowest BCUT2D eigenvalue weighted by molar-refractivity contribution is 0.0394. The second-order valence-corrected chi connectivity index (χ2v) is 8.03. The summed E-state index contributed by atoms with van der Waals surface area (Å²) in [5.41, 5.74) is 0. The molecule has 4 nitrogen and oxygen atoms in total. The molecule has 0 saturated heterocycles. The van der Waals surface area contributed by atoms with Gasteiger partial charge in [-0.25, -0.2) is 8.42 Å². The molecule has 6 atom stereocenters. The molecule has 0 amide bonds. The molecule has 19 heavy (non-hydrogen) atoms. The molecule has 102 valence electrons. The van der Waals surface area contributed by atoms with E-state index in [1.165, 1.54) is 0 Å². The summed E-state index contributed by atoms with van der Waals surface area (Å²) in [5, 5.41) is 10.2. The lowest BCUT2D eigenvalue weighted by Crippen LogP contribution is -2.37. The van der Waals surface area contributed by atoms with Crippen molar-refractivity contribution in [1.29, 1.82) is 0 Å². The number of rotatable bonds is 3. The summed E-state index contributed by atoms with van der Waals surface area (Å²) >= 11 is 0. The van der Waals surface area contributed by atoms with Gasteiger partial charge in [-0.15, -0.1) is 0 Å². The van der Waals surface area contributed by atoms with Gasteiger partial charge in [0.25, 0.3) is 0 Å². The molecule has 4 bridgehead atoms. The van der Waals surface area contributed by atoms with Crippen molar-refractivity contribution >= 4 is 9.84 Å². The van der Waals surface area contributed by atoms with E-state index in [4.69, 9.17) is 4.74 Å². The maximum absolute atomic E-state index is 13.0. The largest absolute Gasteiger partial charge is 0.392 e. The molecule has 4 aliphatic carbocycles. The number of sulfone groups is 1. The first-order valence-electron chi connectivity index (χ1n) is 6.57. The quantitative estimate of drug-likeness (QED) is 0.892. The normalized spacial score (nSPS) is 46.5. The fraction of sp³-hybridized carbons (Fsp3) is 0.571. The maximum Gasteiger partial charge on any atom is 0.187 e. The molecule has 4 aliphatic rings. The average molecular weight is 280 g/mol. The lowest BCUT2D eigenvalue weighted by Gasteiger charge is -2.22. The van der Waals surface area contributed by atoms with Crippen LogP contribution in [0.25, 0.3) is 0 Å². The highest BCUT2D eigenvalue weighted by atomic mass is 32.2. The van der Waals surface area contributed by atoms with Gasteiger partial charge in [0.1, 0.15) is 4.75 Å². The van der Waals surface area contributed by atoms with Gasteiger partial charge in [0.2, 0.25) is 0 Å². The number of aliphatic hydroxyl groups is 1. The standard InChI is InChI=1S/C14H16O4S/c1-18-13-9-7-10-11(12(9)15)14(10,13)19(16,17)8-5-3-2-4-6-8/h2-6,9-13,15H,7H2,1H3/t9-,10+,11+,12+,13-,14-/m1/s1. The second kappa shape index (κ2) is 3.40. The van der Waals surface area contributed by atoms with Gasteiger partial charge in [0.15, 0.2) is 9.84 Å². The Labute approximate surface area is 112 Å². The van der Waals surface area contributed by atoms with Crippen molar-refractivity contribution in [3.63, 3.8) is 0 Å². The molecule has 0 heterocycles.